The highest BCUT2D eigenvalue weighted by molar-refractivity contribution is 5.87. The summed E-state index contributed by atoms with van der Waals surface area (Å²) in [5, 5.41) is 2.75. The van der Waals surface area contributed by atoms with Crippen molar-refractivity contribution >= 4 is 51.6 Å². The van der Waals surface area contributed by atoms with Crippen molar-refractivity contribution < 1.29 is 38.1 Å². The summed E-state index contributed by atoms with van der Waals surface area (Å²) in [6, 6.07) is 20.3. The number of fused-ring (bicyclic) bond motifs is 2. The van der Waals surface area contributed by atoms with E-state index in [2.05, 4.69) is 87.8 Å². The zero-order valence-electron chi connectivity index (χ0n) is 41.1. The zero-order valence-corrected chi connectivity index (χ0v) is 41.1. The average Bonchev–Trinajstić information content (AvgIpc) is 4.20. The Balaban J connectivity index is 1.00. The number of likely N-dealkylation sites (tertiary alicyclic amines) is 2. The molecule has 0 saturated carbocycles. The van der Waals surface area contributed by atoms with Gasteiger partial charge in [0.2, 0.25) is 11.8 Å². The van der Waals surface area contributed by atoms with Crippen molar-refractivity contribution in [1.82, 2.24) is 35.1 Å². The first kappa shape index (κ1) is 47.9. The second kappa shape index (κ2) is 20.1. The lowest BCUT2D eigenvalue weighted by atomic mass is 9.84. The van der Waals surface area contributed by atoms with E-state index in [0.717, 1.165) is 114 Å². The number of hydrogen-bond acceptors (Lipinski definition) is 11. The summed E-state index contributed by atoms with van der Waals surface area (Å²) < 4.78 is 21.7. The lowest BCUT2D eigenvalue weighted by Gasteiger charge is -2.40. The van der Waals surface area contributed by atoms with E-state index >= 15 is 0 Å². The number of nitrogens with one attached hydrogen (secondary N) is 3. The van der Waals surface area contributed by atoms with Crippen molar-refractivity contribution in [2.45, 2.75) is 116 Å². The predicted molar refractivity (Wildman–Crippen MR) is 261 cm³/mol. The summed E-state index contributed by atoms with van der Waals surface area (Å²) in [6.45, 7) is 13.2. The molecule has 16 heteroatoms. The third-order valence-electron chi connectivity index (χ3n) is 15.3. The van der Waals surface area contributed by atoms with Crippen molar-refractivity contribution in [1.29, 1.82) is 0 Å². The molecule has 6 atom stereocenters. The Morgan fingerprint density at radius 1 is 0.739 bits per heavy atom. The van der Waals surface area contributed by atoms with Crippen LogP contribution in [0.4, 0.5) is 10.5 Å². The van der Waals surface area contributed by atoms with Gasteiger partial charge in [0.25, 0.3) is 0 Å². The van der Waals surface area contributed by atoms with E-state index in [-0.39, 0.29) is 65.6 Å². The van der Waals surface area contributed by atoms with Crippen molar-refractivity contribution in [2.24, 2.45) is 23.2 Å². The van der Waals surface area contributed by atoms with Crippen LogP contribution in [-0.2, 0) is 28.6 Å². The Kier molecular flexibility index (Phi) is 13.9. The minimum atomic E-state index is -0.714. The number of carbonyl (C=O) groups excluding carboxylic acids is 4. The number of carbonyl (C=O) groups is 4. The van der Waals surface area contributed by atoms with Gasteiger partial charge in [-0.15, -0.1) is 0 Å². The number of anilines is 1. The summed E-state index contributed by atoms with van der Waals surface area (Å²) in [6.07, 6.45) is 5.48. The maximum absolute atomic E-state index is 14.0. The molecule has 0 radical (unpaired) electrons. The van der Waals surface area contributed by atoms with Gasteiger partial charge in [-0.25, -0.2) is 14.8 Å². The molecule has 4 fully saturated rings. The Morgan fingerprint density at radius 2 is 1.30 bits per heavy atom. The maximum Gasteiger partial charge on any atom is 0.407 e. The summed E-state index contributed by atoms with van der Waals surface area (Å²) >= 11 is 0. The molecule has 5 aromatic rings. The monoisotopic (exact) mass is 945 g/mol. The Hall–Kier alpha value is -6.16. The number of H-pyrrole nitrogens is 2. The van der Waals surface area contributed by atoms with Gasteiger partial charge in [-0.3, -0.25) is 14.4 Å². The second-order valence-electron chi connectivity index (χ2n) is 20.3. The molecule has 9 rings (SSSR count). The lowest BCUT2D eigenvalue weighted by molar-refractivity contribution is -0.148. The zero-order chi connectivity index (χ0) is 48.6. The van der Waals surface area contributed by atoms with Gasteiger partial charge >= 0.3 is 12.1 Å². The van der Waals surface area contributed by atoms with Crippen LogP contribution in [0.3, 0.4) is 0 Å². The number of alkyl carbamates (subject to hydrolysis) is 1. The van der Waals surface area contributed by atoms with Gasteiger partial charge in [-0.05, 0) is 116 Å². The lowest BCUT2D eigenvalue weighted by Crippen LogP contribution is -2.51. The first-order chi connectivity index (χ1) is 33.3. The number of imidazole rings is 2. The minimum Gasteiger partial charge on any atom is -0.493 e. The van der Waals surface area contributed by atoms with E-state index in [1.54, 1.807) is 0 Å². The summed E-state index contributed by atoms with van der Waals surface area (Å²) in [5.74, 6) is 1.16. The standard InChI is InChI=1S/C53H68N8O8/c1-8-53(28-68-29-53)30-69-36-17-15-35(16-18-36)61-42(33-13-19-38-40(25-33)56-48(54-38)44-11-9-23-59(44)50(63)37(31(2)3)27-46(62)66-6)21-22-43(61)34-14-20-39-41(26-34)57-49(55-39)45-12-10-24-60(45)51(64)47(32(4)5)58-52(65)67-7/h13-20,25-26,31-32,37,42-45,47H,8-12,21-24,27-30H2,1-7H3,(H,54,56)(H,55,57)(H,58,65)/t37?,42-,43-,44+,45+,47?/m1/s1. The molecule has 3 N–H and O–H groups in total. The highest BCUT2D eigenvalue weighted by atomic mass is 16.5. The fraction of sp³-hybridized carbons (Fsp3) is 0.547. The van der Waals surface area contributed by atoms with Crippen LogP contribution < -0.4 is 15.0 Å². The van der Waals surface area contributed by atoms with Gasteiger partial charge in [-0.2, -0.15) is 0 Å². The van der Waals surface area contributed by atoms with Crippen molar-refractivity contribution in [3.63, 3.8) is 0 Å². The van der Waals surface area contributed by atoms with Crippen LogP contribution in [-0.4, -0.2) is 107 Å². The van der Waals surface area contributed by atoms with Gasteiger partial charge in [-0.1, -0.05) is 46.8 Å². The van der Waals surface area contributed by atoms with Crippen LogP contribution in [0.2, 0.25) is 0 Å². The predicted octanol–water partition coefficient (Wildman–Crippen LogP) is 8.87. The Labute approximate surface area is 404 Å². The van der Waals surface area contributed by atoms with Crippen molar-refractivity contribution in [2.75, 3.05) is 52.0 Å². The SMILES string of the molecule is CCC1(COc2ccc(N3[C@@H](c4ccc5nc([C@@H]6CCCN6C(=O)C(CC(=O)OC)C(C)C)[nH]c5c4)CC[C@@H]3c3ccc4nc([C@@H]5CCCN5C(=O)C(NC(=O)OC)C(C)C)[nH]c4c3)cc2)COC1. The molecule has 2 unspecified atom stereocenters. The molecule has 6 heterocycles. The third kappa shape index (κ3) is 9.60. The Bertz CT molecular complexity index is 2500. The fourth-order valence-electron chi connectivity index (χ4n) is 11.0. The number of ether oxygens (including phenoxy) is 4. The third-order valence-corrected chi connectivity index (χ3v) is 15.3. The topological polar surface area (TPSA) is 184 Å². The molecule has 69 heavy (non-hydrogen) atoms. The van der Waals surface area contributed by atoms with Gasteiger partial charge in [0.15, 0.2) is 0 Å². The first-order valence-corrected chi connectivity index (χ1v) is 24.9. The molecular weight excluding hydrogens is 877 g/mol. The molecule has 16 nitrogen and oxygen atoms in total. The number of aromatic nitrogens is 4. The summed E-state index contributed by atoms with van der Waals surface area (Å²) in [5.41, 5.74) is 6.95. The molecule has 0 aliphatic carbocycles. The van der Waals surface area contributed by atoms with E-state index in [0.29, 0.717) is 19.7 Å². The molecule has 0 bridgehead atoms. The van der Waals surface area contributed by atoms with E-state index in [1.165, 1.54) is 14.2 Å². The molecule has 0 spiro atoms. The minimum absolute atomic E-state index is 0.0190. The number of aromatic amines is 2. The van der Waals surface area contributed by atoms with Crippen LogP contribution >= 0.6 is 0 Å². The molecule has 4 saturated heterocycles. The van der Waals surface area contributed by atoms with E-state index in [1.807, 2.05) is 37.5 Å². The van der Waals surface area contributed by atoms with Gasteiger partial charge in [0.05, 0.1) is 98.0 Å². The molecule has 4 aliphatic heterocycles. The molecule has 4 aliphatic rings. The number of hydrogen-bond donors (Lipinski definition) is 3. The van der Waals surface area contributed by atoms with Gasteiger partial charge < -0.3 is 48.9 Å². The van der Waals surface area contributed by atoms with E-state index in [9.17, 15) is 19.2 Å². The van der Waals surface area contributed by atoms with Crippen LogP contribution in [0, 0.1) is 23.2 Å². The number of methoxy groups -OCH3 is 2. The molecular formula is C53H68N8O8. The quantitative estimate of drug-likeness (QED) is 0.0803. The number of nitrogens with zero attached hydrogens (tertiary/aromatic N) is 5. The first-order valence-electron chi connectivity index (χ1n) is 24.9. The maximum atomic E-state index is 14.0. The highest BCUT2D eigenvalue weighted by Crippen LogP contribution is 2.48. The van der Waals surface area contributed by atoms with Crippen LogP contribution in [0.1, 0.15) is 133 Å². The second-order valence-corrected chi connectivity index (χ2v) is 20.3. The van der Waals surface area contributed by atoms with Gasteiger partial charge in [0.1, 0.15) is 23.4 Å². The summed E-state index contributed by atoms with van der Waals surface area (Å²) in [7, 11) is 2.66. The van der Waals surface area contributed by atoms with Crippen LogP contribution in [0.5, 0.6) is 5.75 Å². The largest absolute Gasteiger partial charge is 0.493 e. The molecule has 3 aromatic carbocycles. The van der Waals surface area contributed by atoms with Crippen molar-refractivity contribution in [3.8, 4) is 5.75 Å². The van der Waals surface area contributed by atoms with Crippen LogP contribution in [0.25, 0.3) is 22.1 Å². The fourth-order valence-corrected chi connectivity index (χ4v) is 11.0. The van der Waals surface area contributed by atoms with Crippen LogP contribution in [0.15, 0.2) is 60.7 Å². The molecule has 2 aromatic heterocycles. The number of benzene rings is 3. The number of rotatable bonds is 16. The normalized spacial score (nSPS) is 22.1. The average molecular weight is 945 g/mol. The molecule has 368 valence electrons. The van der Waals surface area contributed by atoms with E-state index < -0.39 is 18.1 Å². The Morgan fingerprint density at radius 3 is 1.78 bits per heavy atom. The number of esters is 1. The van der Waals surface area contributed by atoms with Gasteiger partial charge in [0, 0.05) is 18.8 Å². The van der Waals surface area contributed by atoms with Crippen molar-refractivity contribution in [3.05, 3.63) is 83.4 Å². The highest BCUT2D eigenvalue weighted by Gasteiger charge is 2.41. The molecule has 3 amide bonds. The number of amides is 3. The van der Waals surface area contributed by atoms with E-state index in [4.69, 9.17) is 28.9 Å². The smallest absolute Gasteiger partial charge is 0.407 e. The summed E-state index contributed by atoms with van der Waals surface area (Å²) in [4.78, 5) is 76.0.